The normalized spacial score (nSPS) is 15.5. The summed E-state index contributed by atoms with van der Waals surface area (Å²) < 4.78 is 25.9. The molecule has 0 unspecified atom stereocenters. The zero-order valence-corrected chi connectivity index (χ0v) is 19.8. The minimum Gasteiger partial charge on any atom is -0.348 e. The van der Waals surface area contributed by atoms with Crippen LogP contribution in [0.25, 0.3) is 0 Å². The van der Waals surface area contributed by atoms with Gasteiger partial charge in [0, 0.05) is 29.9 Å². The van der Waals surface area contributed by atoms with E-state index in [2.05, 4.69) is 4.90 Å². The van der Waals surface area contributed by atoms with Gasteiger partial charge in [0.25, 0.3) is 0 Å². The van der Waals surface area contributed by atoms with Crippen molar-refractivity contribution >= 4 is 61.1 Å². The summed E-state index contributed by atoms with van der Waals surface area (Å²) in [7, 11) is -3.38. The molecule has 0 bridgehead atoms. The zero-order chi connectivity index (χ0) is 21.3. The lowest BCUT2D eigenvalue weighted by Crippen LogP contribution is -2.39. The van der Waals surface area contributed by atoms with Crippen molar-refractivity contribution in [1.82, 2.24) is 4.98 Å². The maximum absolute atomic E-state index is 12.9. The molecule has 1 aromatic heterocycles. The van der Waals surface area contributed by atoms with Gasteiger partial charge in [-0.25, -0.2) is 13.4 Å². The lowest BCUT2D eigenvalue weighted by Gasteiger charge is -2.31. The molecule has 2 aromatic carbocycles. The maximum Gasteiger partial charge on any atom is 0.185 e. The van der Waals surface area contributed by atoms with Gasteiger partial charge >= 0.3 is 0 Å². The minimum atomic E-state index is -3.38. The topological polar surface area (TPSA) is 50.3 Å². The van der Waals surface area contributed by atoms with Crippen molar-refractivity contribution in [1.29, 1.82) is 0 Å². The number of thiazole rings is 1. The van der Waals surface area contributed by atoms with Crippen LogP contribution in [0.5, 0.6) is 0 Å². The van der Waals surface area contributed by atoms with Crippen LogP contribution >= 0.6 is 46.1 Å². The Morgan fingerprint density at radius 1 is 1.03 bits per heavy atom. The van der Waals surface area contributed by atoms with Crippen LogP contribution in [-0.2, 0) is 16.3 Å². The molecular formula is C21H19Cl3N2O2S2. The summed E-state index contributed by atoms with van der Waals surface area (Å²) in [6.45, 7) is 1.31. The average Bonchev–Trinajstić information content (AvgIpc) is 3.19. The van der Waals surface area contributed by atoms with Crippen LogP contribution in [0.1, 0.15) is 24.1 Å². The van der Waals surface area contributed by atoms with Crippen LogP contribution in [0.4, 0.5) is 5.13 Å². The highest BCUT2D eigenvalue weighted by Gasteiger charge is 2.32. The summed E-state index contributed by atoms with van der Waals surface area (Å²) >= 11 is 19.6. The van der Waals surface area contributed by atoms with E-state index in [0.717, 1.165) is 16.4 Å². The number of nitrogens with zero attached hydrogens (tertiary/aromatic N) is 2. The van der Waals surface area contributed by atoms with Crippen LogP contribution in [-0.4, -0.2) is 31.7 Å². The van der Waals surface area contributed by atoms with E-state index in [1.807, 2.05) is 17.5 Å². The Bertz CT molecular complexity index is 1160. The molecule has 0 N–H and O–H groups in total. The third-order valence-electron chi connectivity index (χ3n) is 5.18. The predicted octanol–water partition coefficient (Wildman–Crippen LogP) is 6.14. The first kappa shape index (κ1) is 21.9. The van der Waals surface area contributed by atoms with Crippen LogP contribution in [0, 0.1) is 0 Å². The molecule has 3 aromatic rings. The van der Waals surface area contributed by atoms with E-state index in [-0.39, 0.29) is 0 Å². The largest absolute Gasteiger partial charge is 0.348 e. The lowest BCUT2D eigenvalue weighted by molar-refractivity contribution is 0.529. The summed E-state index contributed by atoms with van der Waals surface area (Å²) in [5.41, 5.74) is 2.01. The molecular weight excluding hydrogens is 483 g/mol. The Balaban J connectivity index is 1.40. The van der Waals surface area contributed by atoms with Crippen molar-refractivity contribution in [3.05, 3.63) is 74.2 Å². The highest BCUT2D eigenvalue weighted by molar-refractivity contribution is 7.92. The smallest absolute Gasteiger partial charge is 0.185 e. The molecule has 0 spiro atoms. The number of benzene rings is 2. The molecule has 158 valence electrons. The van der Waals surface area contributed by atoms with E-state index in [1.165, 1.54) is 6.07 Å². The van der Waals surface area contributed by atoms with E-state index >= 15 is 0 Å². The van der Waals surface area contributed by atoms with Crippen LogP contribution in [0.2, 0.25) is 15.1 Å². The zero-order valence-electron chi connectivity index (χ0n) is 15.9. The molecule has 0 aliphatic carbocycles. The number of sulfone groups is 1. The predicted molar refractivity (Wildman–Crippen MR) is 125 cm³/mol. The molecule has 30 heavy (non-hydrogen) atoms. The monoisotopic (exact) mass is 500 g/mol. The number of anilines is 1. The fourth-order valence-corrected chi connectivity index (χ4v) is 6.81. The molecule has 1 aliphatic heterocycles. The molecule has 0 saturated carbocycles. The average molecular weight is 502 g/mol. The highest BCUT2D eigenvalue weighted by Crippen LogP contribution is 2.31. The van der Waals surface area contributed by atoms with Gasteiger partial charge in [0.05, 0.1) is 25.9 Å². The second-order valence-electron chi connectivity index (χ2n) is 7.24. The molecule has 9 heteroatoms. The molecule has 1 fully saturated rings. The molecule has 0 atom stereocenters. The van der Waals surface area contributed by atoms with E-state index in [4.69, 9.17) is 39.8 Å². The Morgan fingerprint density at radius 3 is 2.50 bits per heavy atom. The third kappa shape index (κ3) is 4.78. The molecule has 4 rings (SSSR count). The first-order valence-corrected chi connectivity index (χ1v) is 13.0. The summed E-state index contributed by atoms with van der Waals surface area (Å²) in [4.78, 5) is 7.20. The summed E-state index contributed by atoms with van der Waals surface area (Å²) in [5.74, 6) is 0. The quantitative estimate of drug-likeness (QED) is 0.421. The van der Waals surface area contributed by atoms with Crippen molar-refractivity contribution in [2.24, 2.45) is 0 Å². The Hall–Kier alpha value is -1.31. The second-order valence-corrected chi connectivity index (χ2v) is 11.6. The number of halogens is 3. The van der Waals surface area contributed by atoms with Crippen molar-refractivity contribution < 1.29 is 8.42 Å². The van der Waals surface area contributed by atoms with Crippen LogP contribution in [0.15, 0.2) is 52.7 Å². The molecule has 4 nitrogen and oxygen atoms in total. The lowest BCUT2D eigenvalue weighted by atomic mass is 10.1. The molecule has 2 heterocycles. The SMILES string of the molecule is O=S(=O)(c1cccc(Cl)c1)C1CCN(c2nc(Cc3ccc(Cl)c(Cl)c3)cs2)CC1. The Labute approximate surface area is 195 Å². The fourth-order valence-electron chi connectivity index (χ4n) is 3.58. The summed E-state index contributed by atoms with van der Waals surface area (Å²) in [6, 6.07) is 12.1. The van der Waals surface area contributed by atoms with Crippen molar-refractivity contribution in [3.8, 4) is 0 Å². The van der Waals surface area contributed by atoms with Crippen LogP contribution in [0.3, 0.4) is 0 Å². The van der Waals surface area contributed by atoms with Crippen molar-refractivity contribution in [2.45, 2.75) is 29.4 Å². The van der Waals surface area contributed by atoms with Gasteiger partial charge in [0.2, 0.25) is 0 Å². The maximum atomic E-state index is 12.9. The highest BCUT2D eigenvalue weighted by atomic mass is 35.5. The number of hydrogen-bond acceptors (Lipinski definition) is 5. The Morgan fingerprint density at radius 2 is 1.80 bits per heavy atom. The minimum absolute atomic E-state index is 0.298. The summed E-state index contributed by atoms with van der Waals surface area (Å²) in [5, 5.41) is 4.06. The fraction of sp³-hybridized carbons (Fsp3) is 0.286. The van der Waals surface area contributed by atoms with E-state index in [9.17, 15) is 8.42 Å². The van der Waals surface area contributed by atoms with Crippen molar-refractivity contribution in [3.63, 3.8) is 0 Å². The van der Waals surface area contributed by atoms with Gasteiger partial charge < -0.3 is 4.90 Å². The van der Waals surface area contributed by atoms with Gasteiger partial charge in [-0.1, -0.05) is 46.9 Å². The van der Waals surface area contributed by atoms with Gasteiger partial charge in [-0.3, -0.25) is 0 Å². The Kier molecular flexibility index (Phi) is 6.61. The van der Waals surface area contributed by atoms with Gasteiger partial charge in [-0.2, -0.15) is 0 Å². The van der Waals surface area contributed by atoms with Crippen LogP contribution < -0.4 is 4.90 Å². The molecule has 1 saturated heterocycles. The first-order chi connectivity index (χ1) is 14.3. The van der Waals surface area contributed by atoms with Gasteiger partial charge in [0.1, 0.15) is 0 Å². The second kappa shape index (κ2) is 9.05. The number of hydrogen-bond donors (Lipinski definition) is 0. The molecule has 0 amide bonds. The third-order valence-corrected chi connectivity index (χ3v) is 9.37. The first-order valence-electron chi connectivity index (χ1n) is 9.45. The van der Waals surface area contributed by atoms with E-state index < -0.39 is 15.1 Å². The number of rotatable bonds is 5. The van der Waals surface area contributed by atoms with Gasteiger partial charge in [-0.05, 0) is 48.7 Å². The summed E-state index contributed by atoms with van der Waals surface area (Å²) in [6.07, 6.45) is 1.81. The molecule has 0 radical (unpaired) electrons. The molecule has 1 aliphatic rings. The van der Waals surface area contributed by atoms with E-state index in [0.29, 0.717) is 52.3 Å². The number of aromatic nitrogens is 1. The standard InChI is InChI=1S/C21H19Cl3N2O2S2/c22-15-2-1-3-18(12-15)30(27,28)17-6-8-26(9-7-17)21-25-16(13-29-21)10-14-4-5-19(23)20(24)11-14/h1-5,11-13,17H,6-10H2. The van der Waals surface area contributed by atoms with E-state index in [1.54, 1.807) is 35.6 Å². The number of piperidine rings is 1. The van der Waals surface area contributed by atoms with Gasteiger partial charge in [0.15, 0.2) is 15.0 Å². The van der Waals surface area contributed by atoms with Crippen molar-refractivity contribution in [2.75, 3.05) is 18.0 Å². The van der Waals surface area contributed by atoms with Gasteiger partial charge in [-0.15, -0.1) is 11.3 Å².